The summed E-state index contributed by atoms with van der Waals surface area (Å²) < 4.78 is 2.19. The van der Waals surface area contributed by atoms with E-state index in [0.29, 0.717) is 6.54 Å². The quantitative estimate of drug-likeness (QED) is 0.564. The first-order valence-corrected chi connectivity index (χ1v) is 13.1. The first-order chi connectivity index (χ1) is 16.6. The topological polar surface area (TPSA) is 81.1 Å². The fourth-order valence-corrected chi connectivity index (χ4v) is 6.90. The Kier molecular flexibility index (Phi) is 5.41. The first kappa shape index (κ1) is 21.4. The molecule has 2 atom stereocenters. The number of rotatable bonds is 4. The summed E-state index contributed by atoms with van der Waals surface area (Å²) in [6, 6.07) is 15.7. The minimum absolute atomic E-state index is 0.283. The second-order valence-electron chi connectivity index (χ2n) is 8.62. The number of thioether (sulfide) groups is 1. The van der Waals surface area contributed by atoms with E-state index in [1.54, 1.807) is 30.1 Å². The Morgan fingerprint density at radius 3 is 2.76 bits per heavy atom. The molecule has 6 rings (SSSR count). The van der Waals surface area contributed by atoms with Crippen molar-refractivity contribution in [2.75, 3.05) is 25.9 Å². The molecule has 0 spiro atoms. The first-order valence-electron chi connectivity index (χ1n) is 11.3. The lowest BCUT2D eigenvalue weighted by atomic mass is 10.0. The van der Waals surface area contributed by atoms with Crippen LogP contribution in [-0.2, 0) is 17.8 Å². The fraction of sp³-hybridized carbons (Fsp3) is 0.333. The van der Waals surface area contributed by atoms with E-state index in [2.05, 4.69) is 45.4 Å². The maximum absolute atomic E-state index is 12.9. The summed E-state index contributed by atoms with van der Waals surface area (Å²) in [4.78, 5) is 40.7. The predicted octanol–water partition coefficient (Wildman–Crippen LogP) is 2.99. The zero-order chi connectivity index (χ0) is 23.2. The highest BCUT2D eigenvalue weighted by atomic mass is 32.2. The minimum Gasteiger partial charge on any atom is -0.338 e. The molecule has 2 aromatic carbocycles. The number of hydrogen-bond donors (Lipinski definition) is 1. The Bertz CT molecular complexity index is 1270. The van der Waals surface area contributed by atoms with Crippen LogP contribution in [-0.4, -0.2) is 75.7 Å². The van der Waals surface area contributed by atoms with Crippen molar-refractivity contribution in [3.63, 3.8) is 0 Å². The van der Waals surface area contributed by atoms with Crippen molar-refractivity contribution in [1.82, 2.24) is 25.0 Å². The van der Waals surface area contributed by atoms with Crippen LogP contribution >= 0.6 is 23.1 Å². The van der Waals surface area contributed by atoms with Crippen LogP contribution in [0.1, 0.15) is 11.1 Å². The number of urea groups is 1. The molecule has 0 aliphatic carbocycles. The van der Waals surface area contributed by atoms with E-state index in [9.17, 15) is 9.59 Å². The molecule has 1 N–H and O–H groups in total. The van der Waals surface area contributed by atoms with Crippen molar-refractivity contribution in [3.8, 4) is 0 Å². The van der Waals surface area contributed by atoms with Gasteiger partial charge in [0.2, 0.25) is 0 Å². The molecule has 3 aliphatic rings. The standard InChI is InChI=1S/C24H24N6O2S2/c1-28-20-19(21(31)27-23(28)32)30(12-13-33-24-25-17-8-4-5-9-18(17)34-24)22(26-20)29-11-10-15-6-2-3-7-16(15)14-29/h2-9,19-20H,10-14H2,1H3,(H,27,31,32). The van der Waals surface area contributed by atoms with E-state index in [-0.39, 0.29) is 5.91 Å². The number of nitrogens with zero attached hydrogens (tertiary/aromatic N) is 5. The molecule has 3 amide bonds. The van der Waals surface area contributed by atoms with Crippen LogP contribution in [0.4, 0.5) is 4.79 Å². The number of carbonyl (C=O) groups is 2. The average Bonchev–Trinajstić information content (AvgIpc) is 3.44. The zero-order valence-electron chi connectivity index (χ0n) is 18.7. The Labute approximate surface area is 205 Å². The molecule has 4 heterocycles. The molecular weight excluding hydrogens is 468 g/mol. The van der Waals surface area contributed by atoms with Gasteiger partial charge in [0.15, 0.2) is 22.5 Å². The molecule has 3 aliphatic heterocycles. The molecule has 0 radical (unpaired) electrons. The molecular formula is C24H24N6O2S2. The van der Waals surface area contributed by atoms with Crippen LogP contribution in [0.15, 0.2) is 57.9 Å². The molecule has 174 valence electrons. The third kappa shape index (κ3) is 3.70. The van der Waals surface area contributed by atoms with Gasteiger partial charge >= 0.3 is 6.03 Å². The van der Waals surface area contributed by atoms with Crippen molar-refractivity contribution in [2.45, 2.75) is 29.5 Å². The maximum atomic E-state index is 12.9. The number of benzene rings is 2. The van der Waals surface area contributed by atoms with Crippen LogP contribution in [0.2, 0.25) is 0 Å². The Morgan fingerprint density at radius 2 is 1.91 bits per heavy atom. The normalized spacial score (nSPS) is 22.0. The lowest BCUT2D eigenvalue weighted by molar-refractivity contribution is -0.127. The number of likely N-dealkylation sites (N-methyl/N-ethyl adjacent to an activating group) is 1. The maximum Gasteiger partial charge on any atom is 0.325 e. The van der Waals surface area contributed by atoms with E-state index in [4.69, 9.17) is 9.98 Å². The van der Waals surface area contributed by atoms with Gasteiger partial charge in [-0.1, -0.05) is 48.2 Å². The van der Waals surface area contributed by atoms with Crippen molar-refractivity contribution >= 4 is 51.2 Å². The number of amides is 3. The molecule has 2 unspecified atom stereocenters. The summed E-state index contributed by atoms with van der Waals surface area (Å²) in [5.74, 6) is 1.28. The lowest BCUT2D eigenvalue weighted by Crippen LogP contribution is -2.64. The molecule has 34 heavy (non-hydrogen) atoms. The summed E-state index contributed by atoms with van der Waals surface area (Å²) in [6.07, 6.45) is 0.417. The molecule has 0 saturated carbocycles. The highest BCUT2D eigenvalue weighted by Crippen LogP contribution is 2.32. The van der Waals surface area contributed by atoms with Crippen LogP contribution in [0.3, 0.4) is 0 Å². The van der Waals surface area contributed by atoms with E-state index in [1.807, 2.05) is 18.2 Å². The van der Waals surface area contributed by atoms with E-state index < -0.39 is 18.2 Å². The fourth-order valence-electron chi connectivity index (χ4n) is 4.82. The number of aromatic nitrogens is 1. The van der Waals surface area contributed by atoms with Crippen molar-refractivity contribution < 1.29 is 9.59 Å². The molecule has 0 bridgehead atoms. The number of nitrogens with one attached hydrogen (secondary N) is 1. The highest BCUT2D eigenvalue weighted by Gasteiger charge is 2.49. The van der Waals surface area contributed by atoms with Gasteiger partial charge in [-0.25, -0.2) is 14.8 Å². The number of thiazole rings is 1. The minimum atomic E-state index is -0.522. The second kappa shape index (κ2) is 8.59. The Hall–Kier alpha value is -3.11. The second-order valence-corrected chi connectivity index (χ2v) is 11.0. The summed E-state index contributed by atoms with van der Waals surface area (Å²) in [7, 11) is 1.70. The largest absolute Gasteiger partial charge is 0.338 e. The van der Waals surface area contributed by atoms with E-state index >= 15 is 0 Å². The van der Waals surface area contributed by atoms with Crippen LogP contribution in [0.5, 0.6) is 0 Å². The summed E-state index contributed by atoms with van der Waals surface area (Å²) in [6.45, 7) is 2.21. The van der Waals surface area contributed by atoms with Gasteiger partial charge in [0.05, 0.1) is 10.2 Å². The van der Waals surface area contributed by atoms with Gasteiger partial charge in [-0.15, -0.1) is 11.3 Å². The lowest BCUT2D eigenvalue weighted by Gasteiger charge is -2.38. The molecule has 1 fully saturated rings. The van der Waals surface area contributed by atoms with Crippen LogP contribution in [0.25, 0.3) is 10.2 Å². The van der Waals surface area contributed by atoms with Gasteiger partial charge in [0.25, 0.3) is 5.91 Å². The zero-order valence-corrected chi connectivity index (χ0v) is 20.3. The van der Waals surface area contributed by atoms with Crippen LogP contribution < -0.4 is 5.32 Å². The molecule has 1 aromatic heterocycles. The molecule has 3 aromatic rings. The van der Waals surface area contributed by atoms with Gasteiger partial charge in [-0.3, -0.25) is 10.1 Å². The highest BCUT2D eigenvalue weighted by molar-refractivity contribution is 8.01. The van der Waals surface area contributed by atoms with E-state index in [0.717, 1.165) is 41.1 Å². The summed E-state index contributed by atoms with van der Waals surface area (Å²) in [5, 5.41) is 2.49. The molecule has 8 nitrogen and oxygen atoms in total. The van der Waals surface area contributed by atoms with Gasteiger partial charge in [0.1, 0.15) is 0 Å². The number of carbonyl (C=O) groups excluding carboxylic acids is 2. The number of guanidine groups is 1. The third-order valence-corrected chi connectivity index (χ3v) is 8.74. The van der Waals surface area contributed by atoms with Crippen LogP contribution in [0, 0.1) is 0 Å². The Morgan fingerprint density at radius 1 is 1.12 bits per heavy atom. The summed E-state index contributed by atoms with van der Waals surface area (Å²) in [5.41, 5.74) is 3.65. The molecule has 1 saturated heterocycles. The average molecular weight is 493 g/mol. The number of aliphatic imine (C=N–C) groups is 1. The van der Waals surface area contributed by atoms with Gasteiger partial charge < -0.3 is 14.7 Å². The Balaban J connectivity index is 1.24. The monoisotopic (exact) mass is 492 g/mol. The van der Waals surface area contributed by atoms with Gasteiger partial charge in [0, 0.05) is 32.4 Å². The number of fused-ring (bicyclic) bond motifs is 3. The number of hydrogen-bond acceptors (Lipinski definition) is 8. The smallest absolute Gasteiger partial charge is 0.325 e. The molecule has 10 heteroatoms. The predicted molar refractivity (Wildman–Crippen MR) is 134 cm³/mol. The third-order valence-electron chi connectivity index (χ3n) is 6.58. The van der Waals surface area contributed by atoms with Crippen molar-refractivity contribution in [1.29, 1.82) is 0 Å². The van der Waals surface area contributed by atoms with Crippen molar-refractivity contribution in [3.05, 3.63) is 59.7 Å². The SMILES string of the molecule is CN1C(=O)NC(=O)C2C1N=C(N1CCc3ccccc3C1)N2CCSc1nc2ccccc2s1. The summed E-state index contributed by atoms with van der Waals surface area (Å²) >= 11 is 3.38. The number of imide groups is 1. The van der Waals surface area contributed by atoms with E-state index in [1.165, 1.54) is 20.7 Å². The number of para-hydroxylation sites is 1. The van der Waals surface area contributed by atoms with Gasteiger partial charge in [-0.05, 0) is 29.7 Å². The van der Waals surface area contributed by atoms with Gasteiger partial charge in [-0.2, -0.15) is 0 Å². The van der Waals surface area contributed by atoms with Crippen molar-refractivity contribution in [2.24, 2.45) is 4.99 Å².